The molecule has 0 N–H and O–H groups in total. The second kappa shape index (κ2) is 4.75. The second-order valence-electron chi connectivity index (χ2n) is 4.63. The summed E-state index contributed by atoms with van der Waals surface area (Å²) >= 11 is 0. The van der Waals surface area contributed by atoms with Crippen molar-refractivity contribution < 1.29 is 0 Å². The maximum absolute atomic E-state index is 4.23. The Morgan fingerprint density at radius 3 is 2.93 bits per heavy atom. The van der Waals surface area contributed by atoms with Crippen LogP contribution in [0.2, 0.25) is 0 Å². The minimum atomic E-state index is 0.590. The van der Waals surface area contributed by atoms with E-state index in [1.54, 1.807) is 0 Å². The Labute approximate surface area is 92.3 Å². The molecule has 1 aliphatic rings. The van der Waals surface area contributed by atoms with Gasteiger partial charge in [-0.05, 0) is 44.9 Å². The lowest BCUT2D eigenvalue weighted by molar-refractivity contribution is 0.112. The Hall–Kier alpha value is -0.890. The summed E-state index contributed by atoms with van der Waals surface area (Å²) in [6, 6.07) is 5.48. The molecule has 15 heavy (non-hydrogen) atoms. The van der Waals surface area contributed by atoms with E-state index in [1.807, 2.05) is 18.5 Å². The van der Waals surface area contributed by atoms with Crippen molar-refractivity contribution in [1.82, 2.24) is 9.88 Å². The summed E-state index contributed by atoms with van der Waals surface area (Å²) in [5.41, 5.74) is 1.38. The van der Waals surface area contributed by atoms with Crippen molar-refractivity contribution in [1.29, 1.82) is 0 Å². The first kappa shape index (κ1) is 10.6. The predicted molar refractivity (Wildman–Crippen MR) is 62.7 cm³/mol. The Morgan fingerprint density at radius 1 is 1.40 bits per heavy atom. The first-order valence-electron chi connectivity index (χ1n) is 5.94. The van der Waals surface area contributed by atoms with Crippen LogP contribution in [0.5, 0.6) is 0 Å². The van der Waals surface area contributed by atoms with E-state index in [-0.39, 0.29) is 0 Å². The minimum Gasteiger partial charge on any atom is -0.294 e. The molecule has 0 radical (unpaired) electrons. The molecule has 82 valence electrons. The maximum Gasteiger partial charge on any atom is 0.0366 e. The first-order chi connectivity index (χ1) is 7.29. The topological polar surface area (TPSA) is 16.1 Å². The molecule has 0 spiro atoms. The summed E-state index contributed by atoms with van der Waals surface area (Å²) in [6.07, 6.45) is 7.85. The fraction of sp³-hybridized carbons (Fsp3) is 0.615. The Balaban J connectivity index is 2.18. The van der Waals surface area contributed by atoms with Gasteiger partial charge in [-0.1, -0.05) is 12.5 Å². The van der Waals surface area contributed by atoms with Gasteiger partial charge in [0.05, 0.1) is 0 Å². The van der Waals surface area contributed by atoms with Gasteiger partial charge >= 0.3 is 0 Å². The molecule has 1 aromatic heterocycles. The number of nitrogens with zero attached hydrogens (tertiary/aromatic N) is 2. The lowest BCUT2D eigenvalue weighted by atomic mass is 9.95. The Bertz CT molecular complexity index is 295. The molecule has 2 heteroatoms. The van der Waals surface area contributed by atoms with Crippen molar-refractivity contribution >= 4 is 0 Å². The fourth-order valence-corrected chi connectivity index (χ4v) is 2.50. The maximum atomic E-state index is 4.23. The summed E-state index contributed by atoms with van der Waals surface area (Å²) in [6.45, 7) is 5.81. The molecule has 1 fully saturated rings. The van der Waals surface area contributed by atoms with Gasteiger partial charge in [-0.3, -0.25) is 9.88 Å². The molecule has 1 aliphatic heterocycles. The van der Waals surface area contributed by atoms with E-state index in [0.29, 0.717) is 12.1 Å². The van der Waals surface area contributed by atoms with Crippen LogP contribution in [0.1, 0.15) is 44.7 Å². The zero-order valence-electron chi connectivity index (χ0n) is 9.69. The van der Waals surface area contributed by atoms with Crippen LogP contribution in [0.4, 0.5) is 0 Å². The number of hydrogen-bond donors (Lipinski definition) is 0. The van der Waals surface area contributed by atoms with Gasteiger partial charge < -0.3 is 0 Å². The number of likely N-dealkylation sites (tertiary alicyclic amines) is 1. The van der Waals surface area contributed by atoms with E-state index in [4.69, 9.17) is 0 Å². The van der Waals surface area contributed by atoms with Crippen molar-refractivity contribution in [2.24, 2.45) is 0 Å². The van der Waals surface area contributed by atoms with Crippen LogP contribution in [0, 0.1) is 0 Å². The zero-order chi connectivity index (χ0) is 10.7. The highest BCUT2D eigenvalue weighted by Gasteiger charge is 2.25. The highest BCUT2D eigenvalue weighted by atomic mass is 15.2. The van der Waals surface area contributed by atoms with Crippen LogP contribution in [0.15, 0.2) is 24.5 Å². The largest absolute Gasteiger partial charge is 0.294 e. The molecular weight excluding hydrogens is 184 g/mol. The molecule has 2 nitrogen and oxygen atoms in total. The van der Waals surface area contributed by atoms with Gasteiger partial charge in [0.2, 0.25) is 0 Å². The lowest BCUT2D eigenvalue weighted by Crippen LogP contribution is -2.38. The van der Waals surface area contributed by atoms with Gasteiger partial charge in [-0.15, -0.1) is 0 Å². The normalized spacial score (nSPS) is 23.3. The van der Waals surface area contributed by atoms with Crippen LogP contribution in [0.3, 0.4) is 0 Å². The number of rotatable bonds is 2. The van der Waals surface area contributed by atoms with Crippen molar-refractivity contribution in [2.75, 3.05) is 6.54 Å². The van der Waals surface area contributed by atoms with Crippen LogP contribution in [0.25, 0.3) is 0 Å². The molecule has 2 rings (SSSR count). The van der Waals surface area contributed by atoms with Crippen molar-refractivity contribution in [3.8, 4) is 0 Å². The summed E-state index contributed by atoms with van der Waals surface area (Å²) < 4.78 is 0. The molecule has 1 atom stereocenters. The lowest BCUT2D eigenvalue weighted by Gasteiger charge is -2.38. The molecule has 1 aromatic rings. The monoisotopic (exact) mass is 204 g/mol. The minimum absolute atomic E-state index is 0.590. The van der Waals surface area contributed by atoms with E-state index in [0.717, 1.165) is 0 Å². The average molecular weight is 204 g/mol. The van der Waals surface area contributed by atoms with Gasteiger partial charge in [0.25, 0.3) is 0 Å². The highest BCUT2D eigenvalue weighted by molar-refractivity contribution is 5.14. The molecule has 0 amide bonds. The third-order valence-corrected chi connectivity index (χ3v) is 3.28. The van der Waals surface area contributed by atoms with Gasteiger partial charge in [-0.25, -0.2) is 0 Å². The van der Waals surface area contributed by atoms with Gasteiger partial charge in [0.1, 0.15) is 0 Å². The molecular formula is C13H20N2. The number of pyridine rings is 1. The predicted octanol–water partition coefficient (Wildman–Crippen LogP) is 3.02. The summed E-state index contributed by atoms with van der Waals surface area (Å²) in [5.74, 6) is 0. The van der Waals surface area contributed by atoms with E-state index in [1.165, 1.54) is 31.4 Å². The quantitative estimate of drug-likeness (QED) is 0.736. The zero-order valence-corrected chi connectivity index (χ0v) is 9.69. The van der Waals surface area contributed by atoms with E-state index in [9.17, 15) is 0 Å². The van der Waals surface area contributed by atoms with Crippen molar-refractivity contribution in [3.05, 3.63) is 30.1 Å². The molecule has 0 aliphatic carbocycles. The number of aromatic nitrogens is 1. The van der Waals surface area contributed by atoms with E-state index in [2.05, 4.69) is 29.8 Å². The molecule has 1 unspecified atom stereocenters. The SMILES string of the molecule is CC(C)N1CCCCC1c1cccnc1. The smallest absolute Gasteiger partial charge is 0.0366 e. The van der Waals surface area contributed by atoms with Crippen LogP contribution >= 0.6 is 0 Å². The standard InChI is InChI=1S/C13H20N2/c1-11(2)15-9-4-3-7-13(15)12-6-5-8-14-10-12/h5-6,8,10-11,13H,3-4,7,9H2,1-2H3. The molecule has 1 saturated heterocycles. The van der Waals surface area contributed by atoms with Crippen LogP contribution in [-0.2, 0) is 0 Å². The van der Waals surface area contributed by atoms with E-state index < -0.39 is 0 Å². The fourth-order valence-electron chi connectivity index (χ4n) is 2.50. The highest BCUT2D eigenvalue weighted by Crippen LogP contribution is 2.31. The third-order valence-electron chi connectivity index (χ3n) is 3.28. The molecule has 0 aromatic carbocycles. The summed E-state index contributed by atoms with van der Waals surface area (Å²) in [7, 11) is 0. The Kier molecular flexibility index (Phi) is 3.37. The average Bonchev–Trinajstić information content (AvgIpc) is 2.30. The van der Waals surface area contributed by atoms with Gasteiger partial charge in [-0.2, -0.15) is 0 Å². The number of piperidine rings is 1. The molecule has 0 saturated carbocycles. The first-order valence-corrected chi connectivity index (χ1v) is 5.94. The van der Waals surface area contributed by atoms with Crippen LogP contribution in [-0.4, -0.2) is 22.5 Å². The van der Waals surface area contributed by atoms with Crippen LogP contribution < -0.4 is 0 Å². The van der Waals surface area contributed by atoms with Crippen molar-refractivity contribution in [3.63, 3.8) is 0 Å². The Morgan fingerprint density at radius 2 is 2.27 bits per heavy atom. The number of hydrogen-bond acceptors (Lipinski definition) is 2. The summed E-state index contributed by atoms with van der Waals surface area (Å²) in [4.78, 5) is 6.82. The molecule has 0 bridgehead atoms. The second-order valence-corrected chi connectivity index (χ2v) is 4.63. The van der Waals surface area contributed by atoms with Crippen molar-refractivity contribution in [2.45, 2.75) is 45.2 Å². The summed E-state index contributed by atoms with van der Waals surface area (Å²) in [5, 5.41) is 0. The van der Waals surface area contributed by atoms with Gasteiger partial charge in [0.15, 0.2) is 0 Å². The molecule has 2 heterocycles. The van der Waals surface area contributed by atoms with Gasteiger partial charge in [0, 0.05) is 24.5 Å². The third kappa shape index (κ3) is 2.37. The van der Waals surface area contributed by atoms with E-state index >= 15 is 0 Å².